The Bertz CT molecular complexity index is 298. The molecule has 15 heavy (non-hydrogen) atoms. The third-order valence-corrected chi connectivity index (χ3v) is 2.74. The first-order valence-corrected chi connectivity index (χ1v) is 6.19. The van der Waals surface area contributed by atoms with Gasteiger partial charge in [0.05, 0.1) is 0 Å². The van der Waals surface area contributed by atoms with Crippen LogP contribution in [0.3, 0.4) is 0 Å². The first-order valence-electron chi connectivity index (χ1n) is 5.25. The van der Waals surface area contributed by atoms with E-state index >= 15 is 0 Å². The zero-order chi connectivity index (χ0) is 11.3. The van der Waals surface area contributed by atoms with Gasteiger partial charge < -0.3 is 5.32 Å². The normalized spacial score (nSPS) is 11.4. The van der Waals surface area contributed by atoms with E-state index in [4.69, 9.17) is 0 Å². The number of amides is 1. The highest BCUT2D eigenvalue weighted by atomic mass is 32.1. The molecule has 1 N–H and O–H groups in total. The molecule has 1 aromatic heterocycles. The average Bonchev–Trinajstić information content (AvgIpc) is 2.53. The molecule has 2 nitrogen and oxygen atoms in total. The summed E-state index contributed by atoms with van der Waals surface area (Å²) >= 11 is 1.70. The molecule has 0 fully saturated rings. The van der Waals surface area contributed by atoms with Crippen molar-refractivity contribution in [1.82, 2.24) is 5.32 Å². The fourth-order valence-electron chi connectivity index (χ4n) is 1.33. The maximum absolute atomic E-state index is 11.5. The van der Waals surface area contributed by atoms with Gasteiger partial charge in [-0.2, -0.15) is 11.3 Å². The highest BCUT2D eigenvalue weighted by Gasteiger charge is 2.15. The number of hydrogen-bond acceptors (Lipinski definition) is 2. The fourth-order valence-corrected chi connectivity index (χ4v) is 2.03. The van der Waals surface area contributed by atoms with E-state index < -0.39 is 0 Å². The molecule has 0 aliphatic heterocycles. The van der Waals surface area contributed by atoms with Crippen LogP contribution >= 0.6 is 11.3 Å². The minimum atomic E-state index is 0.0759. The third-order valence-electron chi connectivity index (χ3n) is 2.01. The van der Waals surface area contributed by atoms with Gasteiger partial charge in [0.25, 0.3) is 0 Å². The van der Waals surface area contributed by atoms with Gasteiger partial charge in [-0.15, -0.1) is 0 Å². The Morgan fingerprint density at radius 3 is 2.73 bits per heavy atom. The smallest absolute Gasteiger partial charge is 0.220 e. The molecule has 0 saturated carbocycles. The van der Waals surface area contributed by atoms with Crippen LogP contribution in [0.4, 0.5) is 0 Å². The van der Waals surface area contributed by atoms with E-state index in [1.165, 1.54) is 5.56 Å². The van der Waals surface area contributed by atoms with Crippen LogP contribution in [0.2, 0.25) is 0 Å². The Morgan fingerprint density at radius 1 is 1.47 bits per heavy atom. The number of hydrogen-bond donors (Lipinski definition) is 1. The molecule has 0 saturated heterocycles. The molecule has 1 aromatic rings. The molecular formula is C12H19NOS. The fraction of sp³-hybridized carbons (Fsp3) is 0.583. The number of thiophene rings is 1. The summed E-state index contributed by atoms with van der Waals surface area (Å²) in [4.78, 5) is 11.5. The molecule has 1 amide bonds. The van der Waals surface area contributed by atoms with Gasteiger partial charge in [0.1, 0.15) is 0 Å². The van der Waals surface area contributed by atoms with E-state index in [1.54, 1.807) is 11.3 Å². The summed E-state index contributed by atoms with van der Waals surface area (Å²) in [7, 11) is 0. The Hall–Kier alpha value is -0.830. The molecule has 0 aliphatic carbocycles. The number of carbonyl (C=O) groups is 1. The van der Waals surface area contributed by atoms with Crippen LogP contribution in [0.25, 0.3) is 0 Å². The summed E-state index contributed by atoms with van der Waals surface area (Å²) < 4.78 is 0. The van der Waals surface area contributed by atoms with Crippen LogP contribution in [0, 0.1) is 5.41 Å². The molecule has 3 heteroatoms. The molecule has 0 radical (unpaired) electrons. The zero-order valence-electron chi connectivity index (χ0n) is 9.67. The lowest BCUT2D eigenvalue weighted by Gasteiger charge is -2.17. The SMILES string of the molecule is CC(C)(C)CC(=O)NCCc1ccsc1. The van der Waals surface area contributed by atoms with Crippen molar-refractivity contribution in [3.05, 3.63) is 22.4 Å². The summed E-state index contributed by atoms with van der Waals surface area (Å²) in [6.45, 7) is 6.97. The van der Waals surface area contributed by atoms with Gasteiger partial charge in [0.15, 0.2) is 0 Å². The van der Waals surface area contributed by atoms with E-state index in [9.17, 15) is 4.79 Å². The maximum atomic E-state index is 11.5. The first kappa shape index (κ1) is 12.2. The Labute approximate surface area is 95.7 Å². The van der Waals surface area contributed by atoms with E-state index in [0.29, 0.717) is 6.42 Å². The van der Waals surface area contributed by atoms with E-state index in [-0.39, 0.29) is 11.3 Å². The van der Waals surface area contributed by atoms with Crippen molar-refractivity contribution in [2.24, 2.45) is 5.41 Å². The van der Waals surface area contributed by atoms with Crippen molar-refractivity contribution in [2.75, 3.05) is 6.54 Å². The summed E-state index contributed by atoms with van der Waals surface area (Å²) in [6.07, 6.45) is 1.52. The maximum Gasteiger partial charge on any atom is 0.220 e. The second kappa shape index (κ2) is 5.31. The highest BCUT2D eigenvalue weighted by molar-refractivity contribution is 7.07. The predicted molar refractivity (Wildman–Crippen MR) is 65.1 cm³/mol. The van der Waals surface area contributed by atoms with Crippen LogP contribution in [-0.4, -0.2) is 12.5 Å². The van der Waals surface area contributed by atoms with Crippen molar-refractivity contribution in [3.63, 3.8) is 0 Å². The number of carbonyl (C=O) groups excluding carboxylic acids is 1. The molecule has 1 heterocycles. The standard InChI is InChI=1S/C12H19NOS/c1-12(2,3)8-11(14)13-6-4-10-5-7-15-9-10/h5,7,9H,4,6,8H2,1-3H3,(H,13,14). The minimum absolute atomic E-state index is 0.0759. The monoisotopic (exact) mass is 225 g/mol. The second-order valence-corrected chi connectivity index (χ2v) is 5.75. The quantitative estimate of drug-likeness (QED) is 0.838. The highest BCUT2D eigenvalue weighted by Crippen LogP contribution is 2.17. The van der Waals surface area contributed by atoms with Crippen LogP contribution in [0.1, 0.15) is 32.8 Å². The lowest BCUT2D eigenvalue weighted by molar-refractivity contribution is -0.122. The predicted octanol–water partition coefficient (Wildman–Crippen LogP) is 2.84. The van der Waals surface area contributed by atoms with Crippen LogP contribution in [0.15, 0.2) is 16.8 Å². The topological polar surface area (TPSA) is 29.1 Å². The van der Waals surface area contributed by atoms with Crippen molar-refractivity contribution in [3.8, 4) is 0 Å². The van der Waals surface area contributed by atoms with Gasteiger partial charge in [0, 0.05) is 13.0 Å². The van der Waals surface area contributed by atoms with Crippen LogP contribution in [0.5, 0.6) is 0 Å². The largest absolute Gasteiger partial charge is 0.356 e. The van der Waals surface area contributed by atoms with Crippen molar-refractivity contribution >= 4 is 17.2 Å². The van der Waals surface area contributed by atoms with E-state index in [1.807, 2.05) is 0 Å². The second-order valence-electron chi connectivity index (χ2n) is 4.97. The number of nitrogens with one attached hydrogen (secondary N) is 1. The molecule has 1 rings (SSSR count). The van der Waals surface area contributed by atoms with Crippen molar-refractivity contribution < 1.29 is 4.79 Å². The Kier molecular flexibility index (Phi) is 4.33. The molecule has 0 atom stereocenters. The van der Waals surface area contributed by atoms with Crippen LogP contribution < -0.4 is 5.32 Å². The summed E-state index contributed by atoms with van der Waals surface area (Å²) in [5.41, 5.74) is 1.38. The molecule has 0 aromatic carbocycles. The van der Waals surface area contributed by atoms with Gasteiger partial charge in [-0.25, -0.2) is 0 Å². The Morgan fingerprint density at radius 2 is 2.20 bits per heavy atom. The van der Waals surface area contributed by atoms with Gasteiger partial charge in [-0.3, -0.25) is 4.79 Å². The summed E-state index contributed by atoms with van der Waals surface area (Å²) in [5.74, 6) is 0.151. The lowest BCUT2D eigenvalue weighted by Crippen LogP contribution is -2.29. The Balaban J connectivity index is 2.18. The molecular weight excluding hydrogens is 206 g/mol. The summed E-state index contributed by atoms with van der Waals surface area (Å²) in [5, 5.41) is 7.13. The van der Waals surface area contributed by atoms with Crippen molar-refractivity contribution in [1.29, 1.82) is 0 Å². The lowest BCUT2D eigenvalue weighted by atomic mass is 9.92. The first-order chi connectivity index (χ1) is 6.97. The van der Waals surface area contributed by atoms with Gasteiger partial charge in [-0.1, -0.05) is 20.8 Å². The average molecular weight is 225 g/mol. The van der Waals surface area contributed by atoms with E-state index in [0.717, 1.165) is 13.0 Å². The van der Waals surface area contributed by atoms with Gasteiger partial charge >= 0.3 is 0 Å². The molecule has 0 bridgehead atoms. The third kappa shape index (κ3) is 5.57. The molecule has 0 aliphatic rings. The zero-order valence-corrected chi connectivity index (χ0v) is 10.5. The van der Waals surface area contributed by atoms with Crippen molar-refractivity contribution in [2.45, 2.75) is 33.6 Å². The molecule has 84 valence electrons. The molecule has 0 unspecified atom stereocenters. The molecule has 0 spiro atoms. The van der Waals surface area contributed by atoms with Gasteiger partial charge in [-0.05, 0) is 34.2 Å². The van der Waals surface area contributed by atoms with E-state index in [2.05, 4.69) is 42.9 Å². The number of rotatable bonds is 4. The minimum Gasteiger partial charge on any atom is -0.356 e. The van der Waals surface area contributed by atoms with Crippen LogP contribution in [-0.2, 0) is 11.2 Å². The van der Waals surface area contributed by atoms with Gasteiger partial charge in [0.2, 0.25) is 5.91 Å². The summed E-state index contributed by atoms with van der Waals surface area (Å²) in [6, 6.07) is 2.10.